The minimum atomic E-state index is -2.97. The van der Waals surface area contributed by atoms with E-state index in [0.717, 1.165) is 0 Å². The van der Waals surface area contributed by atoms with E-state index in [1.165, 1.54) is 0 Å². The summed E-state index contributed by atoms with van der Waals surface area (Å²) in [5.41, 5.74) is -2.97. The Balaban J connectivity index is -0.000000720. The molecule has 0 spiro atoms. The molecule has 0 heterocycles. The van der Waals surface area contributed by atoms with E-state index in [1.807, 2.05) is 0 Å². The Morgan fingerprint density at radius 2 is 1.27 bits per heavy atom. The van der Waals surface area contributed by atoms with Crippen molar-refractivity contribution in [2.75, 3.05) is 0 Å². The van der Waals surface area contributed by atoms with Crippen LogP contribution in [0.1, 0.15) is 12.8 Å². The average Bonchev–Trinajstić information content (AvgIpc) is 1.82. The molecular weight excluding hydrogens is 441 g/mol. The first kappa shape index (κ1) is 20.4. The van der Waals surface area contributed by atoms with Crippen molar-refractivity contribution in [2.45, 2.75) is 18.4 Å². The smallest absolute Gasteiger partial charge is 0.550 e. The molecular formula is C6H5BiO7Ti+4. The zero-order chi connectivity index (χ0) is 10.6. The normalized spacial score (nSPS) is 9.40. The summed E-state index contributed by atoms with van der Waals surface area (Å²) in [5.74, 6) is -5.98. The van der Waals surface area contributed by atoms with E-state index in [9.17, 15) is 29.7 Å². The van der Waals surface area contributed by atoms with Gasteiger partial charge in [-0.25, -0.2) is 0 Å². The van der Waals surface area contributed by atoms with Crippen LogP contribution in [0.5, 0.6) is 0 Å². The molecule has 2 radical (unpaired) electrons. The Labute approximate surface area is 118 Å². The first-order valence-electron chi connectivity index (χ1n) is 3.11. The molecule has 0 atom stereocenters. The van der Waals surface area contributed by atoms with Crippen molar-refractivity contribution in [1.82, 2.24) is 0 Å². The molecule has 0 rings (SSSR count). The van der Waals surface area contributed by atoms with Crippen molar-refractivity contribution in [3.8, 4) is 0 Å². The van der Waals surface area contributed by atoms with Crippen molar-refractivity contribution in [3.63, 3.8) is 0 Å². The number of carbonyl (C=O) groups excluding carboxylic acids is 3. The van der Waals surface area contributed by atoms with Gasteiger partial charge in [0.1, 0.15) is 5.60 Å². The largest absolute Gasteiger partial charge is 4.00 e. The zero-order valence-electron chi connectivity index (χ0n) is 7.26. The fourth-order valence-corrected chi connectivity index (χ4v) is 0.684. The summed E-state index contributed by atoms with van der Waals surface area (Å²) >= 11 is 0. The number of hydrogen-bond acceptors (Lipinski definition) is 7. The molecule has 0 aromatic heterocycles. The summed E-state index contributed by atoms with van der Waals surface area (Å²) in [4.78, 5) is 30.0. The molecule has 0 aliphatic rings. The molecule has 76 valence electrons. The number of carboxylic acids is 3. The van der Waals surface area contributed by atoms with Gasteiger partial charge in [0.05, 0.1) is 5.97 Å². The molecule has 0 fully saturated rings. The molecule has 0 aliphatic carbocycles. The van der Waals surface area contributed by atoms with Crippen LogP contribution in [0, 0.1) is 0 Å². The van der Waals surface area contributed by atoms with E-state index >= 15 is 0 Å². The van der Waals surface area contributed by atoms with Crippen molar-refractivity contribution in [1.29, 1.82) is 0 Å². The third kappa shape index (κ3) is 7.85. The van der Waals surface area contributed by atoms with E-state index in [2.05, 4.69) is 0 Å². The summed E-state index contributed by atoms with van der Waals surface area (Å²) < 4.78 is 0. The number of rotatable bonds is 5. The maximum absolute atomic E-state index is 10.1. The molecule has 0 saturated carbocycles. The molecule has 0 aromatic carbocycles. The van der Waals surface area contributed by atoms with Crippen LogP contribution in [-0.2, 0) is 36.1 Å². The van der Waals surface area contributed by atoms with Crippen LogP contribution in [0.15, 0.2) is 0 Å². The van der Waals surface area contributed by atoms with Gasteiger partial charge in [0, 0.05) is 24.8 Å². The fourth-order valence-electron chi connectivity index (χ4n) is 0.684. The van der Waals surface area contributed by atoms with Crippen LogP contribution >= 0.6 is 0 Å². The van der Waals surface area contributed by atoms with Crippen LogP contribution < -0.4 is 15.3 Å². The van der Waals surface area contributed by atoms with Crippen LogP contribution in [0.25, 0.3) is 0 Å². The van der Waals surface area contributed by atoms with Gasteiger partial charge in [-0.05, 0) is 0 Å². The van der Waals surface area contributed by atoms with Gasteiger partial charge in [-0.3, -0.25) is 0 Å². The average molecular weight is 446 g/mol. The molecule has 0 amide bonds. The maximum atomic E-state index is 10.1. The SMILES string of the molecule is O=C([O-])CC(O)(CC(=O)[O-])C(=O)[O-].[Bi+3].[Ti+4]. The van der Waals surface area contributed by atoms with Gasteiger partial charge in [0.15, 0.2) is 0 Å². The second-order valence-electron chi connectivity index (χ2n) is 2.42. The Kier molecular flexibility index (Phi) is 11.1. The Morgan fingerprint density at radius 1 is 1.00 bits per heavy atom. The standard InChI is InChI=1S/C6H8O7.Bi.Ti/c7-3(8)1-6(13,5(11)12)2-4(9)10;;/h13H,1-2H2,(H,7,8)(H,9,10)(H,11,12);;/q;+3;+4/p-3. The monoisotopic (exact) mass is 446 g/mol. The van der Waals surface area contributed by atoms with Gasteiger partial charge < -0.3 is 34.8 Å². The van der Waals surface area contributed by atoms with Crippen molar-refractivity contribution < 1.29 is 56.5 Å². The zero-order valence-corrected chi connectivity index (χ0v) is 12.3. The van der Waals surface area contributed by atoms with Gasteiger partial charge in [0.2, 0.25) is 0 Å². The Bertz CT molecular complexity index is 238. The second kappa shape index (κ2) is 8.16. The summed E-state index contributed by atoms with van der Waals surface area (Å²) in [6.45, 7) is 0. The Morgan fingerprint density at radius 3 is 1.40 bits per heavy atom. The molecule has 0 aromatic rings. The van der Waals surface area contributed by atoms with E-state index in [-0.39, 0.29) is 47.9 Å². The molecule has 0 saturated heterocycles. The van der Waals surface area contributed by atoms with Crippen LogP contribution in [0.2, 0.25) is 0 Å². The van der Waals surface area contributed by atoms with Crippen molar-refractivity contribution >= 4 is 44.1 Å². The van der Waals surface area contributed by atoms with E-state index < -0.39 is 36.4 Å². The molecule has 0 unspecified atom stereocenters. The summed E-state index contributed by atoms with van der Waals surface area (Å²) in [5, 5.41) is 38.9. The van der Waals surface area contributed by atoms with Gasteiger partial charge >= 0.3 is 47.9 Å². The van der Waals surface area contributed by atoms with Gasteiger partial charge in [-0.1, -0.05) is 0 Å². The number of carboxylic acid groups (broad SMARTS) is 3. The minimum Gasteiger partial charge on any atom is -0.550 e. The maximum Gasteiger partial charge on any atom is 4.00 e. The quantitative estimate of drug-likeness (QED) is 0.416. The fraction of sp³-hybridized carbons (Fsp3) is 0.500. The van der Waals surface area contributed by atoms with Crippen LogP contribution in [-0.4, -0.2) is 54.8 Å². The van der Waals surface area contributed by atoms with Gasteiger partial charge in [0.25, 0.3) is 0 Å². The number of aliphatic carboxylic acids is 3. The third-order valence-electron chi connectivity index (χ3n) is 1.25. The van der Waals surface area contributed by atoms with Gasteiger partial charge in [-0.15, -0.1) is 0 Å². The summed E-state index contributed by atoms with van der Waals surface area (Å²) in [7, 11) is 0. The first-order valence-corrected chi connectivity index (χ1v) is 3.11. The van der Waals surface area contributed by atoms with Crippen LogP contribution in [0.4, 0.5) is 0 Å². The van der Waals surface area contributed by atoms with Crippen LogP contribution in [0.3, 0.4) is 0 Å². The molecule has 0 aliphatic heterocycles. The van der Waals surface area contributed by atoms with E-state index in [0.29, 0.717) is 0 Å². The molecule has 9 heteroatoms. The number of aliphatic hydroxyl groups is 1. The predicted molar refractivity (Wildman–Crippen MR) is 35.0 cm³/mol. The summed E-state index contributed by atoms with van der Waals surface area (Å²) in [6, 6.07) is 0. The molecule has 1 N–H and O–H groups in total. The van der Waals surface area contributed by atoms with E-state index in [4.69, 9.17) is 5.11 Å². The van der Waals surface area contributed by atoms with Crippen molar-refractivity contribution in [3.05, 3.63) is 0 Å². The topological polar surface area (TPSA) is 141 Å². The molecule has 0 bridgehead atoms. The molecule has 15 heavy (non-hydrogen) atoms. The predicted octanol–water partition coefficient (Wildman–Crippen LogP) is -5.64. The van der Waals surface area contributed by atoms with Crippen molar-refractivity contribution in [2.24, 2.45) is 0 Å². The molecule has 7 nitrogen and oxygen atoms in total. The Hall–Kier alpha value is -0.0326. The number of carbonyl (C=O) groups is 3. The summed E-state index contributed by atoms with van der Waals surface area (Å²) in [6.07, 6.45) is -2.72. The first-order chi connectivity index (χ1) is 5.78. The number of hydrogen-bond donors (Lipinski definition) is 1. The second-order valence-corrected chi connectivity index (χ2v) is 2.42. The minimum absolute atomic E-state index is 0. The van der Waals surface area contributed by atoms with E-state index in [1.54, 1.807) is 0 Å². The third-order valence-corrected chi connectivity index (χ3v) is 1.25. The van der Waals surface area contributed by atoms with Gasteiger partial charge in [-0.2, -0.15) is 0 Å².